The average molecular weight is 350 g/mol. The van der Waals surface area contributed by atoms with Crippen molar-refractivity contribution in [3.63, 3.8) is 0 Å². The minimum Gasteiger partial charge on any atom is -0.358 e. The summed E-state index contributed by atoms with van der Waals surface area (Å²) >= 11 is 0. The number of hydrogen-bond donors (Lipinski definition) is 1. The molecule has 0 aliphatic carbocycles. The fourth-order valence-corrected chi connectivity index (χ4v) is 3.72. The first-order chi connectivity index (χ1) is 12.5. The van der Waals surface area contributed by atoms with Gasteiger partial charge < -0.3 is 9.88 Å². The number of amides is 1. The summed E-state index contributed by atoms with van der Waals surface area (Å²) in [6.45, 7) is 5.63. The van der Waals surface area contributed by atoms with Crippen LogP contribution in [0.15, 0.2) is 42.5 Å². The Labute approximate surface area is 152 Å². The molecule has 4 rings (SSSR count). The predicted molar refractivity (Wildman–Crippen MR) is 102 cm³/mol. The number of hydrogen-bond acceptors (Lipinski definition) is 1. The fourth-order valence-electron chi connectivity index (χ4n) is 3.72. The van der Waals surface area contributed by atoms with E-state index in [0.29, 0.717) is 24.6 Å². The maximum absolute atomic E-state index is 13.9. The zero-order chi connectivity index (χ0) is 18.3. The lowest BCUT2D eigenvalue weighted by Gasteiger charge is -2.27. The highest BCUT2D eigenvalue weighted by molar-refractivity contribution is 5.87. The first kappa shape index (κ1) is 16.8. The van der Waals surface area contributed by atoms with Gasteiger partial charge in [-0.1, -0.05) is 38.1 Å². The van der Waals surface area contributed by atoms with Crippen LogP contribution in [0.5, 0.6) is 0 Å². The number of fused-ring (bicyclic) bond motifs is 3. The smallest absolute Gasteiger partial charge is 0.227 e. The molecular weight excluding hydrogens is 327 g/mol. The topological polar surface area (TPSA) is 36.1 Å². The van der Waals surface area contributed by atoms with Gasteiger partial charge in [0.15, 0.2) is 0 Å². The van der Waals surface area contributed by atoms with Gasteiger partial charge in [0.1, 0.15) is 5.82 Å². The lowest BCUT2D eigenvalue weighted by Crippen LogP contribution is -2.36. The van der Waals surface area contributed by atoms with Gasteiger partial charge in [-0.2, -0.15) is 0 Å². The quantitative estimate of drug-likeness (QED) is 0.739. The van der Waals surface area contributed by atoms with Crippen LogP contribution in [0.1, 0.15) is 42.1 Å². The van der Waals surface area contributed by atoms with Gasteiger partial charge in [-0.15, -0.1) is 0 Å². The van der Waals surface area contributed by atoms with Crippen LogP contribution < -0.4 is 0 Å². The zero-order valence-electron chi connectivity index (χ0n) is 15.2. The van der Waals surface area contributed by atoms with Gasteiger partial charge in [-0.05, 0) is 35.2 Å². The number of rotatable bonds is 3. The van der Waals surface area contributed by atoms with Crippen molar-refractivity contribution in [2.24, 2.45) is 0 Å². The standard InChI is InChI=1S/C22H23FN2O/c1-14(2)15-7-8-20-17(11-15)18-13-25(10-9-21(18)24-20)22(26)12-16-5-3-4-6-19(16)23/h3-8,11,14,24H,9-10,12-13H2,1-2H3. The van der Waals surface area contributed by atoms with E-state index in [1.807, 2.05) is 4.90 Å². The molecule has 0 bridgehead atoms. The van der Waals surface area contributed by atoms with E-state index in [1.54, 1.807) is 18.2 Å². The number of halogens is 1. The second kappa shape index (κ2) is 6.60. The van der Waals surface area contributed by atoms with E-state index in [4.69, 9.17) is 0 Å². The van der Waals surface area contributed by atoms with Crippen LogP contribution in [-0.4, -0.2) is 22.3 Å². The molecule has 0 spiro atoms. The maximum Gasteiger partial charge on any atom is 0.227 e. The molecule has 1 amide bonds. The van der Waals surface area contributed by atoms with E-state index in [2.05, 4.69) is 37.0 Å². The third kappa shape index (κ3) is 3.00. The van der Waals surface area contributed by atoms with Gasteiger partial charge in [-0.3, -0.25) is 4.79 Å². The number of benzene rings is 2. The Morgan fingerprint density at radius 2 is 2.04 bits per heavy atom. The van der Waals surface area contributed by atoms with Crippen LogP contribution in [0.2, 0.25) is 0 Å². The zero-order valence-corrected chi connectivity index (χ0v) is 15.2. The van der Waals surface area contributed by atoms with E-state index in [9.17, 15) is 9.18 Å². The number of nitrogens with zero attached hydrogens (tertiary/aromatic N) is 1. The minimum atomic E-state index is -0.313. The molecule has 2 heterocycles. The molecule has 0 saturated heterocycles. The second-order valence-corrected chi connectivity index (χ2v) is 7.38. The Morgan fingerprint density at radius 1 is 1.23 bits per heavy atom. The van der Waals surface area contributed by atoms with Gasteiger partial charge in [-0.25, -0.2) is 4.39 Å². The molecule has 0 fully saturated rings. The second-order valence-electron chi connectivity index (χ2n) is 7.38. The molecular formula is C22H23FN2O. The van der Waals surface area contributed by atoms with Crippen molar-refractivity contribution in [1.82, 2.24) is 9.88 Å². The van der Waals surface area contributed by atoms with E-state index < -0.39 is 0 Å². The molecule has 3 aromatic rings. The van der Waals surface area contributed by atoms with E-state index in [-0.39, 0.29) is 18.1 Å². The molecule has 1 aliphatic rings. The lowest BCUT2D eigenvalue weighted by atomic mass is 9.98. The molecule has 0 atom stereocenters. The summed E-state index contributed by atoms with van der Waals surface area (Å²) in [6, 6.07) is 13.0. The van der Waals surface area contributed by atoms with Crippen LogP contribution in [-0.2, 0) is 24.2 Å². The first-order valence-electron chi connectivity index (χ1n) is 9.17. The lowest BCUT2D eigenvalue weighted by molar-refractivity contribution is -0.131. The van der Waals surface area contributed by atoms with Crippen molar-refractivity contribution in [3.05, 3.63) is 70.7 Å². The fraction of sp³-hybridized carbons (Fsp3) is 0.318. The number of aromatic amines is 1. The summed E-state index contributed by atoms with van der Waals surface area (Å²) in [4.78, 5) is 18.1. The molecule has 0 saturated carbocycles. The van der Waals surface area contributed by atoms with Crippen molar-refractivity contribution >= 4 is 16.8 Å². The number of carbonyl (C=O) groups excluding carboxylic acids is 1. The maximum atomic E-state index is 13.9. The van der Waals surface area contributed by atoms with Gasteiger partial charge in [0, 0.05) is 41.7 Å². The van der Waals surface area contributed by atoms with Crippen molar-refractivity contribution in [2.75, 3.05) is 6.54 Å². The van der Waals surface area contributed by atoms with Gasteiger partial charge in [0.2, 0.25) is 5.91 Å². The summed E-state index contributed by atoms with van der Waals surface area (Å²) < 4.78 is 13.9. The van der Waals surface area contributed by atoms with Crippen molar-refractivity contribution in [2.45, 2.75) is 39.2 Å². The molecule has 26 heavy (non-hydrogen) atoms. The van der Waals surface area contributed by atoms with Crippen molar-refractivity contribution in [3.8, 4) is 0 Å². The highest BCUT2D eigenvalue weighted by Crippen LogP contribution is 2.30. The van der Waals surface area contributed by atoms with Gasteiger partial charge >= 0.3 is 0 Å². The number of carbonyl (C=O) groups is 1. The summed E-state index contributed by atoms with van der Waals surface area (Å²) in [5.41, 5.74) is 5.31. The van der Waals surface area contributed by atoms with Crippen LogP contribution in [0.4, 0.5) is 4.39 Å². The highest BCUT2D eigenvalue weighted by atomic mass is 19.1. The Bertz CT molecular complexity index is 973. The molecule has 134 valence electrons. The van der Waals surface area contributed by atoms with Gasteiger partial charge in [0.05, 0.1) is 6.42 Å². The summed E-state index contributed by atoms with van der Waals surface area (Å²) in [6.07, 6.45) is 0.922. The Hall–Kier alpha value is -2.62. The number of aromatic nitrogens is 1. The molecule has 0 unspecified atom stereocenters. The first-order valence-corrected chi connectivity index (χ1v) is 9.17. The third-order valence-electron chi connectivity index (χ3n) is 5.32. The number of H-pyrrole nitrogens is 1. The SMILES string of the molecule is CC(C)c1ccc2[nH]c3c(c2c1)CN(C(=O)Cc1ccccc1F)CC3. The van der Waals surface area contributed by atoms with Crippen molar-refractivity contribution < 1.29 is 9.18 Å². The molecule has 1 N–H and O–H groups in total. The Balaban J connectivity index is 1.60. The van der Waals surface area contributed by atoms with E-state index in [1.165, 1.54) is 28.3 Å². The summed E-state index contributed by atoms with van der Waals surface area (Å²) in [7, 11) is 0. The average Bonchev–Trinajstić information content (AvgIpc) is 3.00. The minimum absolute atomic E-state index is 0.0184. The largest absolute Gasteiger partial charge is 0.358 e. The third-order valence-corrected chi connectivity index (χ3v) is 5.32. The molecule has 0 radical (unpaired) electrons. The molecule has 3 nitrogen and oxygen atoms in total. The Kier molecular flexibility index (Phi) is 4.27. The van der Waals surface area contributed by atoms with E-state index in [0.717, 1.165) is 11.9 Å². The highest BCUT2D eigenvalue weighted by Gasteiger charge is 2.24. The Morgan fingerprint density at radius 3 is 2.81 bits per heavy atom. The van der Waals surface area contributed by atoms with Gasteiger partial charge in [0.25, 0.3) is 0 Å². The summed E-state index contributed by atoms with van der Waals surface area (Å²) in [5.74, 6) is 0.134. The summed E-state index contributed by atoms with van der Waals surface area (Å²) in [5, 5.41) is 1.20. The molecule has 1 aromatic heterocycles. The van der Waals surface area contributed by atoms with Crippen molar-refractivity contribution in [1.29, 1.82) is 0 Å². The van der Waals surface area contributed by atoms with Crippen LogP contribution >= 0.6 is 0 Å². The van der Waals surface area contributed by atoms with E-state index >= 15 is 0 Å². The van der Waals surface area contributed by atoms with Crippen LogP contribution in [0.3, 0.4) is 0 Å². The van der Waals surface area contributed by atoms with Crippen LogP contribution in [0.25, 0.3) is 10.9 Å². The molecule has 2 aromatic carbocycles. The van der Waals surface area contributed by atoms with Crippen LogP contribution in [0, 0.1) is 5.82 Å². The molecule has 4 heteroatoms. The number of nitrogens with one attached hydrogen (secondary N) is 1. The predicted octanol–water partition coefficient (Wildman–Crippen LogP) is 4.56. The molecule has 1 aliphatic heterocycles. The normalized spacial score (nSPS) is 14.1. The monoisotopic (exact) mass is 350 g/mol.